The van der Waals surface area contributed by atoms with Crippen LogP contribution in [0.2, 0.25) is 0 Å². The van der Waals surface area contributed by atoms with E-state index in [2.05, 4.69) is 15.2 Å². The third kappa shape index (κ3) is 6.69. The normalized spacial score (nSPS) is 23.7. The monoisotopic (exact) mass is 630 g/mol. The van der Waals surface area contributed by atoms with Gasteiger partial charge in [0.1, 0.15) is 36.3 Å². The van der Waals surface area contributed by atoms with E-state index in [9.17, 15) is 24.5 Å². The molecule has 0 amide bonds. The van der Waals surface area contributed by atoms with Gasteiger partial charge in [-0.25, -0.2) is 14.1 Å². The number of fused-ring (bicyclic) bond motifs is 1. The maximum atomic E-state index is 14.1. The molecule has 0 spiro atoms. The van der Waals surface area contributed by atoms with E-state index in [0.29, 0.717) is 5.52 Å². The number of nitriles is 1. The zero-order valence-electron chi connectivity index (χ0n) is 24.9. The number of ether oxygens (including phenoxy) is 3. The number of hydrogen-bond acceptors (Lipinski definition) is 13. The van der Waals surface area contributed by atoms with Gasteiger partial charge in [-0.2, -0.15) is 15.4 Å². The summed E-state index contributed by atoms with van der Waals surface area (Å²) in [5.41, 5.74) is 2.05. The quantitative estimate of drug-likeness (QED) is 0.194. The number of benzene rings is 1. The second kappa shape index (κ2) is 12.9. The molecule has 1 aliphatic rings. The van der Waals surface area contributed by atoms with Crippen LogP contribution in [0.5, 0.6) is 5.75 Å². The number of aliphatic hydroxyl groups is 1. The number of nitrogens with two attached hydrogens (primary N) is 1. The lowest BCUT2D eigenvalue weighted by Crippen LogP contribution is -2.53. The van der Waals surface area contributed by atoms with Crippen molar-refractivity contribution in [3.05, 3.63) is 54.5 Å². The first-order valence-electron chi connectivity index (χ1n) is 13.8. The highest BCUT2D eigenvalue weighted by molar-refractivity contribution is 7.52. The van der Waals surface area contributed by atoms with Gasteiger partial charge >= 0.3 is 19.7 Å². The van der Waals surface area contributed by atoms with Crippen molar-refractivity contribution in [2.45, 2.75) is 64.1 Å². The molecule has 236 valence electrons. The van der Waals surface area contributed by atoms with E-state index >= 15 is 0 Å². The molecular weight excluding hydrogens is 595 g/mol. The summed E-state index contributed by atoms with van der Waals surface area (Å²) in [5, 5.41) is 29.2. The molecule has 0 saturated carbocycles. The molecule has 1 fully saturated rings. The van der Waals surface area contributed by atoms with Gasteiger partial charge in [-0.3, -0.25) is 14.1 Å². The number of nitrogens with one attached hydrogen (secondary N) is 1. The van der Waals surface area contributed by atoms with Crippen molar-refractivity contribution in [1.29, 1.82) is 5.26 Å². The molecule has 1 saturated heterocycles. The molecule has 2 aromatic heterocycles. The molecule has 1 aliphatic heterocycles. The Kier molecular flexibility index (Phi) is 9.62. The topological polar surface area (TPSA) is 210 Å². The minimum absolute atomic E-state index is 0.0900. The Balaban J connectivity index is 1.71. The van der Waals surface area contributed by atoms with E-state index in [-0.39, 0.29) is 17.3 Å². The van der Waals surface area contributed by atoms with Crippen LogP contribution in [0.15, 0.2) is 48.8 Å². The zero-order valence-corrected chi connectivity index (χ0v) is 25.8. The lowest BCUT2D eigenvalue weighted by molar-refractivity contribution is -0.173. The maximum absolute atomic E-state index is 14.1. The van der Waals surface area contributed by atoms with Crippen LogP contribution in [0.25, 0.3) is 5.52 Å². The molecule has 5 atom stereocenters. The average Bonchev–Trinajstić information content (AvgIpc) is 3.53. The number of nitrogen functional groups attached to an aromatic ring is 1. The standard InChI is InChI=1S/C28H35N6O9P/c1-17(2)24(35)42-26-27(13-29,39-15-28(26,37)22-12-11-21-23(30)31-16-32-34(21)22)14-40-44(38,43-20-9-7-6-8-10-20)33-19(5)25(36)41-18(3)4/h6-12,16-19,26,37H,14-15H2,1-5H3,(H,33,38)(H2,30,31,32)/t19-,26+,27+,28+,44-/m0/s1. The largest absolute Gasteiger partial charge is 0.462 e. The van der Waals surface area contributed by atoms with Crippen molar-refractivity contribution in [3.8, 4) is 11.8 Å². The van der Waals surface area contributed by atoms with Crippen LogP contribution in [-0.4, -0.2) is 68.7 Å². The third-order valence-electron chi connectivity index (χ3n) is 6.70. The fourth-order valence-electron chi connectivity index (χ4n) is 4.47. The Morgan fingerprint density at radius 2 is 1.91 bits per heavy atom. The second-order valence-electron chi connectivity index (χ2n) is 10.9. The summed E-state index contributed by atoms with van der Waals surface area (Å²) >= 11 is 0. The van der Waals surface area contributed by atoms with E-state index in [4.69, 9.17) is 29.0 Å². The molecule has 15 nitrogen and oxygen atoms in total. The van der Waals surface area contributed by atoms with Gasteiger partial charge < -0.3 is 29.6 Å². The molecular formula is C28H35N6O9P. The Bertz CT molecular complexity index is 1590. The van der Waals surface area contributed by atoms with Crippen molar-refractivity contribution in [2.24, 2.45) is 5.92 Å². The van der Waals surface area contributed by atoms with E-state index in [1.807, 2.05) is 6.07 Å². The highest BCUT2D eigenvalue weighted by Gasteiger charge is 2.64. The van der Waals surface area contributed by atoms with Gasteiger partial charge in [0.05, 0.1) is 24.3 Å². The van der Waals surface area contributed by atoms with E-state index < -0.39 is 68.3 Å². The van der Waals surface area contributed by atoms with Gasteiger partial charge in [-0.05, 0) is 45.0 Å². The van der Waals surface area contributed by atoms with Gasteiger partial charge in [-0.1, -0.05) is 32.0 Å². The molecule has 0 unspecified atom stereocenters. The highest BCUT2D eigenvalue weighted by Crippen LogP contribution is 2.49. The zero-order chi connectivity index (χ0) is 32.3. The number of nitrogens with zero attached hydrogens (tertiary/aromatic N) is 4. The van der Waals surface area contributed by atoms with Gasteiger partial charge in [0.25, 0.3) is 0 Å². The Labute approximate surface area is 253 Å². The number of rotatable bonds is 12. The molecule has 0 aliphatic carbocycles. The summed E-state index contributed by atoms with van der Waals surface area (Å²) < 4.78 is 43.6. The van der Waals surface area contributed by atoms with Crippen molar-refractivity contribution in [2.75, 3.05) is 18.9 Å². The second-order valence-corrected chi connectivity index (χ2v) is 12.6. The molecule has 3 heterocycles. The fraction of sp³-hybridized carbons (Fsp3) is 0.464. The van der Waals surface area contributed by atoms with Gasteiger partial charge in [-0.15, -0.1) is 0 Å². The van der Waals surface area contributed by atoms with E-state index in [1.54, 1.807) is 52.0 Å². The van der Waals surface area contributed by atoms with Crippen molar-refractivity contribution < 1.29 is 42.5 Å². The fourth-order valence-corrected chi connectivity index (χ4v) is 5.99. The van der Waals surface area contributed by atoms with Crippen LogP contribution in [0.4, 0.5) is 5.82 Å². The first-order valence-corrected chi connectivity index (χ1v) is 15.3. The number of anilines is 1. The smallest absolute Gasteiger partial charge is 0.459 e. The number of aromatic nitrogens is 3. The molecule has 1 aromatic carbocycles. The van der Waals surface area contributed by atoms with E-state index in [0.717, 1.165) is 0 Å². The minimum Gasteiger partial charge on any atom is -0.462 e. The summed E-state index contributed by atoms with van der Waals surface area (Å²) in [6, 6.07) is 11.8. The van der Waals surface area contributed by atoms with Crippen molar-refractivity contribution in [1.82, 2.24) is 19.7 Å². The molecule has 16 heteroatoms. The predicted octanol–water partition coefficient (Wildman–Crippen LogP) is 2.49. The molecule has 4 N–H and O–H groups in total. The molecule has 0 radical (unpaired) electrons. The number of carbonyl (C=O) groups is 2. The lowest BCUT2D eigenvalue weighted by atomic mass is 9.86. The number of esters is 2. The Morgan fingerprint density at radius 3 is 2.55 bits per heavy atom. The Hall–Kier alpha value is -4.06. The maximum Gasteiger partial charge on any atom is 0.459 e. The SMILES string of the molecule is CC(C)OC(=O)[C@H](C)N[P@](=O)(OC[C@@]1(C#N)OC[C@@](O)(c2ccc3c(N)ncnn23)[C@@H]1OC(=O)C(C)C)Oc1ccccc1. The summed E-state index contributed by atoms with van der Waals surface area (Å²) in [6.45, 7) is 6.49. The summed E-state index contributed by atoms with van der Waals surface area (Å²) in [7, 11) is -4.48. The Morgan fingerprint density at radius 1 is 1.20 bits per heavy atom. The molecule has 4 rings (SSSR count). The first kappa shape index (κ1) is 32.8. The van der Waals surface area contributed by atoms with Crippen molar-refractivity contribution in [3.63, 3.8) is 0 Å². The molecule has 44 heavy (non-hydrogen) atoms. The summed E-state index contributed by atoms with van der Waals surface area (Å²) in [6.07, 6.45) is -0.983. The van der Waals surface area contributed by atoms with E-state index in [1.165, 1.54) is 36.0 Å². The van der Waals surface area contributed by atoms with Gasteiger partial charge in [0, 0.05) is 0 Å². The van der Waals surface area contributed by atoms with Gasteiger partial charge in [0.2, 0.25) is 5.60 Å². The summed E-state index contributed by atoms with van der Waals surface area (Å²) in [4.78, 5) is 29.4. The molecule has 0 bridgehead atoms. The van der Waals surface area contributed by atoms with Crippen LogP contribution in [0, 0.1) is 17.2 Å². The number of hydrogen-bond donors (Lipinski definition) is 3. The molecule has 3 aromatic rings. The van der Waals surface area contributed by atoms with Crippen LogP contribution in [0.3, 0.4) is 0 Å². The van der Waals surface area contributed by atoms with Crippen LogP contribution < -0.4 is 15.3 Å². The van der Waals surface area contributed by atoms with Crippen LogP contribution >= 0.6 is 7.75 Å². The van der Waals surface area contributed by atoms with Crippen LogP contribution in [0.1, 0.15) is 40.3 Å². The predicted molar refractivity (Wildman–Crippen MR) is 155 cm³/mol. The third-order valence-corrected chi connectivity index (χ3v) is 8.33. The van der Waals surface area contributed by atoms with Crippen molar-refractivity contribution >= 4 is 31.0 Å². The lowest BCUT2D eigenvalue weighted by Gasteiger charge is -2.34. The first-order chi connectivity index (χ1) is 20.7. The minimum atomic E-state index is -4.48. The summed E-state index contributed by atoms with van der Waals surface area (Å²) in [5.74, 6) is -1.88. The number of para-hydroxylation sites is 1. The number of carbonyl (C=O) groups excluding carboxylic acids is 2. The average molecular weight is 631 g/mol. The highest BCUT2D eigenvalue weighted by atomic mass is 31.2. The van der Waals surface area contributed by atoms with Crippen LogP contribution in [-0.2, 0) is 38.5 Å². The van der Waals surface area contributed by atoms with Gasteiger partial charge in [0.15, 0.2) is 17.5 Å².